The Kier molecular flexibility index (Phi) is 2.96. The smallest absolute Gasteiger partial charge is 0.0346 e. The standard InChI is InChI=1S/C13H20N2/c1-9-5-12(6-9)15-8-11-4-3-10(2)13(14)7-11/h3-4,7,9,12,15H,5-6,8,14H2,1-2H3. The van der Waals surface area contributed by atoms with Gasteiger partial charge in [-0.05, 0) is 42.9 Å². The van der Waals surface area contributed by atoms with Crippen LogP contribution in [0.3, 0.4) is 0 Å². The molecule has 0 unspecified atom stereocenters. The van der Waals surface area contributed by atoms with Crippen LogP contribution in [0.1, 0.15) is 30.9 Å². The first-order valence-corrected chi connectivity index (χ1v) is 5.73. The van der Waals surface area contributed by atoms with Gasteiger partial charge in [-0.2, -0.15) is 0 Å². The summed E-state index contributed by atoms with van der Waals surface area (Å²) in [6.07, 6.45) is 2.64. The fraction of sp³-hybridized carbons (Fsp3) is 0.538. The van der Waals surface area contributed by atoms with Gasteiger partial charge >= 0.3 is 0 Å². The molecule has 2 nitrogen and oxygen atoms in total. The van der Waals surface area contributed by atoms with E-state index in [0.717, 1.165) is 29.8 Å². The number of hydrogen-bond donors (Lipinski definition) is 2. The molecular weight excluding hydrogens is 184 g/mol. The SMILES string of the molecule is Cc1ccc(CNC2CC(C)C2)cc1N. The molecule has 0 amide bonds. The third-order valence-corrected chi connectivity index (χ3v) is 3.31. The van der Waals surface area contributed by atoms with Crippen LogP contribution in [0.15, 0.2) is 18.2 Å². The predicted molar refractivity (Wildman–Crippen MR) is 64.6 cm³/mol. The van der Waals surface area contributed by atoms with Gasteiger partial charge < -0.3 is 11.1 Å². The first kappa shape index (κ1) is 10.5. The van der Waals surface area contributed by atoms with Crippen molar-refractivity contribution in [3.05, 3.63) is 29.3 Å². The fourth-order valence-corrected chi connectivity index (χ4v) is 2.13. The Labute approximate surface area is 91.9 Å². The summed E-state index contributed by atoms with van der Waals surface area (Å²) in [5.41, 5.74) is 9.22. The Morgan fingerprint density at radius 3 is 2.73 bits per heavy atom. The summed E-state index contributed by atoms with van der Waals surface area (Å²) in [6.45, 7) is 5.30. The molecule has 3 N–H and O–H groups in total. The normalized spacial score (nSPS) is 24.9. The number of nitrogens with one attached hydrogen (secondary N) is 1. The molecule has 0 heterocycles. The molecule has 1 aromatic carbocycles. The van der Waals surface area contributed by atoms with E-state index in [0.29, 0.717) is 0 Å². The summed E-state index contributed by atoms with van der Waals surface area (Å²) in [5.74, 6) is 0.908. The second-order valence-corrected chi connectivity index (χ2v) is 4.85. The van der Waals surface area contributed by atoms with Crippen molar-refractivity contribution >= 4 is 5.69 Å². The van der Waals surface area contributed by atoms with Crippen molar-refractivity contribution in [1.29, 1.82) is 0 Å². The first-order valence-electron chi connectivity index (χ1n) is 5.73. The largest absolute Gasteiger partial charge is 0.399 e. The van der Waals surface area contributed by atoms with E-state index in [-0.39, 0.29) is 0 Å². The molecule has 1 saturated carbocycles. The van der Waals surface area contributed by atoms with Gasteiger partial charge in [-0.1, -0.05) is 19.1 Å². The lowest BCUT2D eigenvalue weighted by atomic mass is 9.82. The molecule has 0 spiro atoms. The molecular formula is C13H20N2. The van der Waals surface area contributed by atoms with Crippen LogP contribution in [0.25, 0.3) is 0 Å². The first-order chi connectivity index (χ1) is 7.15. The van der Waals surface area contributed by atoms with E-state index >= 15 is 0 Å². The molecule has 1 aliphatic rings. The third kappa shape index (κ3) is 2.51. The van der Waals surface area contributed by atoms with Gasteiger partial charge in [0.2, 0.25) is 0 Å². The van der Waals surface area contributed by atoms with Crippen LogP contribution in [0.2, 0.25) is 0 Å². The Hall–Kier alpha value is -1.02. The molecule has 0 atom stereocenters. The summed E-state index contributed by atoms with van der Waals surface area (Å²) in [5, 5.41) is 3.56. The van der Waals surface area contributed by atoms with E-state index in [2.05, 4.69) is 30.4 Å². The van der Waals surface area contributed by atoms with Crippen LogP contribution < -0.4 is 11.1 Å². The molecule has 0 aliphatic heterocycles. The molecule has 1 fully saturated rings. The topological polar surface area (TPSA) is 38.0 Å². The quantitative estimate of drug-likeness (QED) is 0.742. The van der Waals surface area contributed by atoms with Gasteiger partial charge in [-0.25, -0.2) is 0 Å². The number of nitrogens with two attached hydrogens (primary N) is 1. The summed E-state index contributed by atoms with van der Waals surface area (Å²) in [6, 6.07) is 7.04. The number of aryl methyl sites for hydroxylation is 1. The van der Waals surface area contributed by atoms with E-state index in [4.69, 9.17) is 5.73 Å². The van der Waals surface area contributed by atoms with Crippen molar-refractivity contribution in [1.82, 2.24) is 5.32 Å². The average molecular weight is 204 g/mol. The second-order valence-electron chi connectivity index (χ2n) is 4.85. The average Bonchev–Trinajstić information content (AvgIpc) is 2.16. The van der Waals surface area contributed by atoms with Gasteiger partial charge in [-0.15, -0.1) is 0 Å². The molecule has 1 aliphatic carbocycles. The minimum atomic E-state index is 0.725. The van der Waals surface area contributed by atoms with Crippen LogP contribution in [-0.4, -0.2) is 6.04 Å². The zero-order chi connectivity index (χ0) is 10.8. The van der Waals surface area contributed by atoms with Crippen molar-refractivity contribution in [3.63, 3.8) is 0 Å². The zero-order valence-electron chi connectivity index (χ0n) is 9.59. The van der Waals surface area contributed by atoms with Crippen molar-refractivity contribution in [2.75, 3.05) is 5.73 Å². The summed E-state index contributed by atoms with van der Waals surface area (Å²) in [7, 11) is 0. The van der Waals surface area contributed by atoms with Crippen molar-refractivity contribution in [2.24, 2.45) is 5.92 Å². The maximum absolute atomic E-state index is 5.87. The lowest BCUT2D eigenvalue weighted by Crippen LogP contribution is -2.39. The van der Waals surface area contributed by atoms with Crippen LogP contribution >= 0.6 is 0 Å². The number of nitrogen functional groups attached to an aromatic ring is 1. The van der Waals surface area contributed by atoms with Crippen LogP contribution in [-0.2, 0) is 6.54 Å². The summed E-state index contributed by atoms with van der Waals surface area (Å²) >= 11 is 0. The molecule has 1 aromatic rings. The van der Waals surface area contributed by atoms with Gasteiger partial charge in [-0.3, -0.25) is 0 Å². The van der Waals surface area contributed by atoms with Crippen LogP contribution in [0.4, 0.5) is 5.69 Å². The van der Waals surface area contributed by atoms with Gasteiger partial charge in [0.15, 0.2) is 0 Å². The summed E-state index contributed by atoms with van der Waals surface area (Å²) < 4.78 is 0. The van der Waals surface area contributed by atoms with Crippen molar-refractivity contribution < 1.29 is 0 Å². The Bertz CT molecular complexity index is 340. The van der Waals surface area contributed by atoms with Crippen LogP contribution in [0.5, 0.6) is 0 Å². The molecule has 0 aromatic heterocycles. The number of anilines is 1. The lowest BCUT2D eigenvalue weighted by molar-refractivity contribution is 0.240. The van der Waals surface area contributed by atoms with E-state index in [1.807, 2.05) is 6.92 Å². The predicted octanol–water partition coefficient (Wildman–Crippen LogP) is 2.47. The van der Waals surface area contributed by atoms with E-state index < -0.39 is 0 Å². The van der Waals surface area contributed by atoms with E-state index in [1.54, 1.807) is 0 Å². The minimum Gasteiger partial charge on any atom is -0.399 e. The van der Waals surface area contributed by atoms with E-state index in [9.17, 15) is 0 Å². The van der Waals surface area contributed by atoms with Gasteiger partial charge in [0.1, 0.15) is 0 Å². The lowest BCUT2D eigenvalue weighted by Gasteiger charge is -2.33. The zero-order valence-corrected chi connectivity index (χ0v) is 9.59. The van der Waals surface area contributed by atoms with Crippen LogP contribution in [0, 0.1) is 12.8 Å². The summed E-state index contributed by atoms with van der Waals surface area (Å²) in [4.78, 5) is 0. The molecule has 82 valence electrons. The number of benzene rings is 1. The Balaban J connectivity index is 1.86. The number of hydrogen-bond acceptors (Lipinski definition) is 2. The van der Waals surface area contributed by atoms with Gasteiger partial charge in [0.25, 0.3) is 0 Å². The van der Waals surface area contributed by atoms with Crippen molar-refractivity contribution in [2.45, 2.75) is 39.3 Å². The maximum atomic E-state index is 5.87. The second kappa shape index (κ2) is 4.23. The highest BCUT2D eigenvalue weighted by Gasteiger charge is 2.24. The van der Waals surface area contributed by atoms with E-state index in [1.165, 1.54) is 18.4 Å². The third-order valence-electron chi connectivity index (χ3n) is 3.31. The minimum absolute atomic E-state index is 0.725. The highest BCUT2D eigenvalue weighted by molar-refractivity contribution is 5.48. The van der Waals surface area contributed by atoms with Gasteiger partial charge in [0, 0.05) is 18.3 Å². The highest BCUT2D eigenvalue weighted by Crippen LogP contribution is 2.26. The molecule has 0 bridgehead atoms. The van der Waals surface area contributed by atoms with Crippen molar-refractivity contribution in [3.8, 4) is 0 Å². The number of rotatable bonds is 3. The maximum Gasteiger partial charge on any atom is 0.0346 e. The Morgan fingerprint density at radius 1 is 1.40 bits per heavy atom. The molecule has 15 heavy (non-hydrogen) atoms. The molecule has 0 saturated heterocycles. The highest BCUT2D eigenvalue weighted by atomic mass is 14.9. The Morgan fingerprint density at radius 2 is 2.13 bits per heavy atom. The molecule has 0 radical (unpaired) electrons. The van der Waals surface area contributed by atoms with Gasteiger partial charge in [0.05, 0.1) is 0 Å². The monoisotopic (exact) mass is 204 g/mol. The molecule has 2 rings (SSSR count). The fourth-order valence-electron chi connectivity index (χ4n) is 2.13. The molecule has 2 heteroatoms.